The Morgan fingerprint density at radius 1 is 1.05 bits per heavy atom. The summed E-state index contributed by atoms with van der Waals surface area (Å²) in [5.41, 5.74) is 3.76. The van der Waals surface area contributed by atoms with E-state index in [1.165, 1.54) is 36.9 Å². The van der Waals surface area contributed by atoms with Crippen molar-refractivity contribution in [3.05, 3.63) is 47.8 Å². The Morgan fingerprint density at radius 3 is 2.53 bits per heavy atom. The summed E-state index contributed by atoms with van der Waals surface area (Å²) in [7, 11) is 0. The minimum atomic E-state index is 0.725. The molecule has 0 amide bonds. The molecule has 2 aromatic rings. The molecule has 0 atom stereocenters. The first-order valence-electron chi connectivity index (χ1n) is 7.27. The molecule has 2 saturated carbocycles. The maximum atomic E-state index is 4.66. The molecule has 3 heteroatoms. The molecule has 0 radical (unpaired) electrons. The van der Waals surface area contributed by atoms with Gasteiger partial charge in [0.15, 0.2) is 0 Å². The van der Waals surface area contributed by atoms with Crippen molar-refractivity contribution in [2.24, 2.45) is 0 Å². The van der Waals surface area contributed by atoms with E-state index in [1.54, 1.807) is 0 Å². The van der Waals surface area contributed by atoms with E-state index in [1.807, 2.05) is 4.68 Å². The fourth-order valence-electron chi connectivity index (χ4n) is 2.39. The van der Waals surface area contributed by atoms with E-state index in [9.17, 15) is 0 Å². The summed E-state index contributed by atoms with van der Waals surface area (Å²) in [4.78, 5) is 0. The second-order valence-electron chi connectivity index (χ2n) is 5.78. The van der Waals surface area contributed by atoms with Crippen LogP contribution in [-0.2, 0) is 6.54 Å². The third-order valence-electron chi connectivity index (χ3n) is 3.98. The van der Waals surface area contributed by atoms with Gasteiger partial charge in [0.2, 0.25) is 0 Å². The zero-order valence-electron chi connectivity index (χ0n) is 11.0. The minimum Gasteiger partial charge on any atom is -0.310 e. The van der Waals surface area contributed by atoms with Crippen molar-refractivity contribution in [2.45, 2.75) is 44.2 Å². The van der Waals surface area contributed by atoms with Crippen LogP contribution in [0.5, 0.6) is 0 Å². The van der Waals surface area contributed by atoms with Crippen LogP contribution in [-0.4, -0.2) is 15.8 Å². The van der Waals surface area contributed by atoms with Gasteiger partial charge in [-0.2, -0.15) is 5.10 Å². The van der Waals surface area contributed by atoms with Crippen LogP contribution in [0.1, 0.15) is 42.9 Å². The molecule has 0 unspecified atom stereocenters. The largest absolute Gasteiger partial charge is 0.310 e. The predicted octanol–water partition coefficient (Wildman–Crippen LogP) is 3.00. The Balaban J connectivity index is 1.46. The first-order valence-corrected chi connectivity index (χ1v) is 7.27. The number of hydrogen-bond donors (Lipinski definition) is 1. The molecule has 98 valence electrons. The second-order valence-corrected chi connectivity index (χ2v) is 5.78. The molecule has 4 rings (SSSR count). The van der Waals surface area contributed by atoms with E-state index in [0.29, 0.717) is 0 Å². The first kappa shape index (κ1) is 11.2. The molecule has 2 aliphatic rings. The highest BCUT2D eigenvalue weighted by molar-refractivity contribution is 5.34. The molecule has 0 bridgehead atoms. The van der Waals surface area contributed by atoms with Crippen molar-refractivity contribution in [3.63, 3.8) is 0 Å². The lowest BCUT2D eigenvalue weighted by atomic mass is 10.2. The quantitative estimate of drug-likeness (QED) is 0.887. The van der Waals surface area contributed by atoms with Gasteiger partial charge in [0.1, 0.15) is 0 Å². The molecule has 1 heterocycles. The number of hydrogen-bond acceptors (Lipinski definition) is 2. The molecule has 1 aromatic heterocycles. The smallest absolute Gasteiger partial charge is 0.0659 e. The van der Waals surface area contributed by atoms with Crippen LogP contribution in [0, 0.1) is 0 Å². The zero-order valence-corrected chi connectivity index (χ0v) is 11.0. The Kier molecular flexibility index (Phi) is 2.66. The van der Waals surface area contributed by atoms with E-state index in [0.717, 1.165) is 24.2 Å². The Bertz CT molecular complexity index is 562. The van der Waals surface area contributed by atoms with Crippen LogP contribution < -0.4 is 5.32 Å². The van der Waals surface area contributed by atoms with Crippen molar-refractivity contribution in [2.75, 3.05) is 0 Å². The average Bonchev–Trinajstić information content (AvgIpc) is 3.37. The molecular weight excluding hydrogens is 234 g/mol. The molecule has 2 aliphatic carbocycles. The maximum absolute atomic E-state index is 4.66. The van der Waals surface area contributed by atoms with E-state index in [4.69, 9.17) is 0 Å². The highest BCUT2D eigenvalue weighted by Gasteiger charge is 2.25. The normalized spacial score (nSPS) is 18.7. The van der Waals surface area contributed by atoms with Gasteiger partial charge in [0, 0.05) is 24.7 Å². The van der Waals surface area contributed by atoms with Crippen molar-refractivity contribution < 1.29 is 0 Å². The van der Waals surface area contributed by atoms with Crippen molar-refractivity contribution in [1.29, 1.82) is 0 Å². The van der Waals surface area contributed by atoms with E-state index < -0.39 is 0 Å². The SMILES string of the molecule is c1cc(-n2ccc(C3CC3)n2)ccc1CNC1CC1. The van der Waals surface area contributed by atoms with Gasteiger partial charge in [-0.25, -0.2) is 4.68 Å². The molecule has 2 fully saturated rings. The Hall–Kier alpha value is -1.61. The second kappa shape index (κ2) is 4.49. The summed E-state index contributed by atoms with van der Waals surface area (Å²) in [5, 5.41) is 8.19. The molecule has 19 heavy (non-hydrogen) atoms. The highest BCUT2D eigenvalue weighted by Crippen LogP contribution is 2.39. The summed E-state index contributed by atoms with van der Waals surface area (Å²) in [5.74, 6) is 0.725. The molecule has 1 N–H and O–H groups in total. The summed E-state index contributed by atoms with van der Waals surface area (Å²) in [6.45, 7) is 0.984. The standard InChI is InChI=1S/C16H19N3/c1-7-15(8-2-12(1)11-17-14-5-6-14)19-10-9-16(18-19)13-3-4-13/h1-2,7-10,13-14,17H,3-6,11H2. The van der Waals surface area contributed by atoms with E-state index in [2.05, 4.69) is 46.9 Å². The molecule has 3 nitrogen and oxygen atoms in total. The predicted molar refractivity (Wildman–Crippen MR) is 75.4 cm³/mol. The molecule has 0 aliphatic heterocycles. The topological polar surface area (TPSA) is 29.9 Å². The summed E-state index contributed by atoms with van der Waals surface area (Å²) in [6, 6.07) is 11.6. The van der Waals surface area contributed by atoms with Crippen LogP contribution in [0.15, 0.2) is 36.5 Å². The first-order chi connectivity index (χ1) is 9.38. The van der Waals surface area contributed by atoms with Gasteiger partial charge in [-0.1, -0.05) is 12.1 Å². The van der Waals surface area contributed by atoms with Crippen LogP contribution in [0.2, 0.25) is 0 Å². The van der Waals surface area contributed by atoms with Crippen molar-refractivity contribution in [1.82, 2.24) is 15.1 Å². The van der Waals surface area contributed by atoms with E-state index >= 15 is 0 Å². The van der Waals surface area contributed by atoms with Gasteiger partial charge in [0.25, 0.3) is 0 Å². The minimum absolute atomic E-state index is 0.725. The van der Waals surface area contributed by atoms with Crippen molar-refractivity contribution in [3.8, 4) is 5.69 Å². The summed E-state index contributed by atoms with van der Waals surface area (Å²) in [6.07, 6.45) is 7.38. The summed E-state index contributed by atoms with van der Waals surface area (Å²) < 4.78 is 1.99. The Labute approximate surface area is 113 Å². The monoisotopic (exact) mass is 253 g/mol. The average molecular weight is 253 g/mol. The van der Waals surface area contributed by atoms with Gasteiger partial charge in [-0.3, -0.25) is 0 Å². The number of aromatic nitrogens is 2. The van der Waals surface area contributed by atoms with E-state index in [-0.39, 0.29) is 0 Å². The van der Waals surface area contributed by atoms with Crippen LogP contribution in [0.25, 0.3) is 5.69 Å². The van der Waals surface area contributed by atoms with Gasteiger partial charge in [-0.15, -0.1) is 0 Å². The molecule has 0 spiro atoms. The lowest BCUT2D eigenvalue weighted by molar-refractivity contribution is 0.687. The number of nitrogens with zero attached hydrogens (tertiary/aromatic N) is 2. The molecule has 0 saturated heterocycles. The maximum Gasteiger partial charge on any atom is 0.0659 e. The zero-order chi connectivity index (χ0) is 12.7. The van der Waals surface area contributed by atoms with Crippen LogP contribution in [0.4, 0.5) is 0 Å². The van der Waals surface area contributed by atoms with Gasteiger partial charge in [0.05, 0.1) is 11.4 Å². The van der Waals surface area contributed by atoms with Gasteiger partial charge < -0.3 is 5.32 Å². The number of benzene rings is 1. The van der Waals surface area contributed by atoms with Gasteiger partial charge in [-0.05, 0) is 49.4 Å². The number of rotatable bonds is 5. The lowest BCUT2D eigenvalue weighted by Crippen LogP contribution is -2.15. The Morgan fingerprint density at radius 2 is 1.84 bits per heavy atom. The van der Waals surface area contributed by atoms with Crippen LogP contribution in [0.3, 0.4) is 0 Å². The fourth-order valence-corrected chi connectivity index (χ4v) is 2.39. The molecule has 1 aromatic carbocycles. The summed E-state index contributed by atoms with van der Waals surface area (Å²) >= 11 is 0. The fraction of sp³-hybridized carbons (Fsp3) is 0.438. The lowest BCUT2D eigenvalue weighted by Gasteiger charge is -2.05. The highest BCUT2D eigenvalue weighted by atomic mass is 15.3. The van der Waals surface area contributed by atoms with Crippen molar-refractivity contribution >= 4 is 0 Å². The molecular formula is C16H19N3. The third kappa shape index (κ3) is 2.56. The van der Waals surface area contributed by atoms with Crippen LogP contribution >= 0.6 is 0 Å². The number of nitrogens with one attached hydrogen (secondary N) is 1. The third-order valence-corrected chi connectivity index (χ3v) is 3.98. The van der Waals surface area contributed by atoms with Gasteiger partial charge >= 0.3 is 0 Å².